The summed E-state index contributed by atoms with van der Waals surface area (Å²) in [5, 5.41) is 5.00. The van der Waals surface area contributed by atoms with Gasteiger partial charge in [0.05, 0.1) is 18.5 Å². The minimum atomic E-state index is 0.663. The van der Waals surface area contributed by atoms with Crippen LogP contribution in [0.2, 0.25) is 0 Å². The fraction of sp³-hybridized carbons (Fsp3) is 0.286. The van der Waals surface area contributed by atoms with Crippen molar-refractivity contribution < 1.29 is 4.74 Å². The molecule has 1 heterocycles. The molecular weight excluding hydrogens is 258 g/mol. The average Bonchev–Trinajstić information content (AvgIpc) is 2.70. The van der Waals surface area contributed by atoms with Crippen LogP contribution >= 0.6 is 11.3 Å². The topological polar surface area (TPSA) is 46.5 Å². The van der Waals surface area contributed by atoms with Crippen molar-refractivity contribution in [3.05, 3.63) is 40.4 Å². The molecule has 4 nitrogen and oxygen atoms in total. The van der Waals surface area contributed by atoms with E-state index in [-0.39, 0.29) is 0 Å². The van der Waals surface area contributed by atoms with Crippen LogP contribution in [0.4, 0.5) is 5.13 Å². The highest BCUT2D eigenvalue weighted by atomic mass is 32.1. The van der Waals surface area contributed by atoms with E-state index in [4.69, 9.17) is 4.74 Å². The van der Waals surface area contributed by atoms with Gasteiger partial charge in [-0.2, -0.15) is 5.10 Å². The molecule has 0 aliphatic rings. The van der Waals surface area contributed by atoms with Gasteiger partial charge in [0, 0.05) is 4.88 Å². The number of thiazole rings is 1. The van der Waals surface area contributed by atoms with Crippen LogP contribution in [0.3, 0.4) is 0 Å². The molecule has 5 heteroatoms. The van der Waals surface area contributed by atoms with Crippen LogP contribution in [0, 0.1) is 13.8 Å². The van der Waals surface area contributed by atoms with Gasteiger partial charge < -0.3 is 4.74 Å². The Bertz CT molecular complexity index is 558. The van der Waals surface area contributed by atoms with Gasteiger partial charge in [0.25, 0.3) is 0 Å². The summed E-state index contributed by atoms with van der Waals surface area (Å²) in [5.74, 6) is 0.854. The van der Waals surface area contributed by atoms with Crippen molar-refractivity contribution in [2.24, 2.45) is 5.10 Å². The number of ether oxygens (including phenoxy) is 1. The minimum absolute atomic E-state index is 0.663. The van der Waals surface area contributed by atoms with Crippen molar-refractivity contribution in [1.29, 1.82) is 0 Å². The van der Waals surface area contributed by atoms with E-state index < -0.39 is 0 Å². The maximum Gasteiger partial charge on any atom is 0.203 e. The molecule has 2 rings (SSSR count). The first-order chi connectivity index (χ1) is 9.19. The molecule has 100 valence electrons. The fourth-order valence-electron chi connectivity index (χ4n) is 1.53. The lowest BCUT2D eigenvalue weighted by Gasteiger charge is -2.02. The maximum absolute atomic E-state index is 5.44. The van der Waals surface area contributed by atoms with E-state index in [1.54, 1.807) is 17.6 Å². The molecule has 19 heavy (non-hydrogen) atoms. The van der Waals surface area contributed by atoms with E-state index >= 15 is 0 Å². The summed E-state index contributed by atoms with van der Waals surface area (Å²) in [5.41, 5.74) is 4.97. The number of nitrogens with zero attached hydrogens (tertiary/aromatic N) is 2. The van der Waals surface area contributed by atoms with Crippen LogP contribution in [-0.4, -0.2) is 17.8 Å². The zero-order valence-electron chi connectivity index (χ0n) is 11.3. The van der Waals surface area contributed by atoms with Crippen LogP contribution in [0.5, 0.6) is 5.75 Å². The number of aromatic nitrogens is 1. The van der Waals surface area contributed by atoms with Crippen LogP contribution in [0.25, 0.3) is 0 Å². The largest absolute Gasteiger partial charge is 0.494 e. The molecule has 0 spiro atoms. The van der Waals surface area contributed by atoms with Gasteiger partial charge in [0.1, 0.15) is 5.75 Å². The molecule has 1 aromatic carbocycles. The standard InChI is InChI=1S/C14H17N3OS/c1-4-18-13-7-5-6-12(8-13)9-15-17-14-16-10(2)11(3)19-14/h5-9H,4H2,1-3H3,(H,16,17)/b15-9+. The number of benzene rings is 1. The number of hydrogen-bond donors (Lipinski definition) is 1. The Labute approximate surface area is 117 Å². The van der Waals surface area contributed by atoms with Crippen molar-refractivity contribution >= 4 is 22.7 Å². The van der Waals surface area contributed by atoms with Gasteiger partial charge in [-0.25, -0.2) is 4.98 Å². The first-order valence-electron chi connectivity index (χ1n) is 6.15. The van der Waals surface area contributed by atoms with E-state index in [2.05, 4.69) is 15.5 Å². The predicted octanol–water partition coefficient (Wildman–Crippen LogP) is 3.60. The Hall–Kier alpha value is -1.88. The zero-order valence-corrected chi connectivity index (χ0v) is 12.1. The molecule has 0 bridgehead atoms. The minimum Gasteiger partial charge on any atom is -0.494 e. The monoisotopic (exact) mass is 275 g/mol. The Balaban J connectivity index is 2.00. The highest BCUT2D eigenvalue weighted by Crippen LogP contribution is 2.20. The highest BCUT2D eigenvalue weighted by Gasteiger charge is 2.01. The molecular formula is C14H17N3OS. The quantitative estimate of drug-likeness (QED) is 0.670. The van der Waals surface area contributed by atoms with Gasteiger partial charge in [0.2, 0.25) is 5.13 Å². The first-order valence-corrected chi connectivity index (χ1v) is 6.96. The molecule has 0 aliphatic carbocycles. The van der Waals surface area contributed by atoms with Crippen LogP contribution in [0.1, 0.15) is 23.1 Å². The van der Waals surface area contributed by atoms with Crippen molar-refractivity contribution in [2.45, 2.75) is 20.8 Å². The third kappa shape index (κ3) is 3.79. The van der Waals surface area contributed by atoms with Gasteiger partial charge in [-0.1, -0.05) is 12.1 Å². The Morgan fingerprint density at radius 1 is 1.42 bits per heavy atom. The number of anilines is 1. The molecule has 0 radical (unpaired) electrons. The maximum atomic E-state index is 5.44. The number of aryl methyl sites for hydroxylation is 2. The van der Waals surface area contributed by atoms with E-state index in [1.165, 1.54) is 4.88 Å². The third-order valence-electron chi connectivity index (χ3n) is 2.57. The summed E-state index contributed by atoms with van der Waals surface area (Å²) in [6, 6.07) is 7.81. The van der Waals surface area contributed by atoms with Gasteiger partial charge in [-0.05, 0) is 38.5 Å². The average molecular weight is 275 g/mol. The summed E-state index contributed by atoms with van der Waals surface area (Å²) in [4.78, 5) is 5.56. The summed E-state index contributed by atoms with van der Waals surface area (Å²) in [7, 11) is 0. The molecule has 0 aliphatic heterocycles. The molecule has 0 atom stereocenters. The zero-order chi connectivity index (χ0) is 13.7. The third-order valence-corrected chi connectivity index (χ3v) is 3.55. The van der Waals surface area contributed by atoms with E-state index in [1.807, 2.05) is 45.0 Å². The predicted molar refractivity (Wildman–Crippen MR) is 80.4 cm³/mol. The lowest BCUT2D eigenvalue weighted by molar-refractivity contribution is 0.340. The molecule has 1 N–H and O–H groups in total. The van der Waals surface area contributed by atoms with Gasteiger partial charge in [-0.15, -0.1) is 11.3 Å². The lowest BCUT2D eigenvalue weighted by atomic mass is 10.2. The molecule has 2 aromatic rings. The Morgan fingerprint density at radius 3 is 2.95 bits per heavy atom. The van der Waals surface area contributed by atoms with Crippen molar-refractivity contribution in [3.8, 4) is 5.75 Å². The van der Waals surface area contributed by atoms with Crippen molar-refractivity contribution in [3.63, 3.8) is 0 Å². The smallest absolute Gasteiger partial charge is 0.203 e. The van der Waals surface area contributed by atoms with E-state index in [9.17, 15) is 0 Å². The van der Waals surface area contributed by atoms with Gasteiger partial charge in [-0.3, -0.25) is 5.43 Å². The Morgan fingerprint density at radius 2 is 2.26 bits per heavy atom. The molecule has 0 amide bonds. The van der Waals surface area contributed by atoms with E-state index in [0.29, 0.717) is 6.61 Å². The number of rotatable bonds is 5. The van der Waals surface area contributed by atoms with Crippen molar-refractivity contribution in [2.75, 3.05) is 12.0 Å². The van der Waals surface area contributed by atoms with Crippen LogP contribution < -0.4 is 10.2 Å². The summed E-state index contributed by atoms with van der Waals surface area (Å²) < 4.78 is 5.44. The molecule has 1 aromatic heterocycles. The normalized spacial score (nSPS) is 10.9. The summed E-state index contributed by atoms with van der Waals surface area (Å²) >= 11 is 1.60. The second-order valence-corrected chi connectivity index (χ2v) is 5.24. The molecule has 0 saturated heterocycles. The van der Waals surface area contributed by atoms with Crippen LogP contribution in [0.15, 0.2) is 29.4 Å². The number of hydrazone groups is 1. The second-order valence-electron chi connectivity index (χ2n) is 4.04. The summed E-state index contributed by atoms with van der Waals surface area (Å²) in [6.45, 7) is 6.67. The molecule has 0 fully saturated rings. The molecule has 0 unspecified atom stereocenters. The summed E-state index contributed by atoms with van der Waals surface area (Å²) in [6.07, 6.45) is 1.76. The van der Waals surface area contributed by atoms with Crippen LogP contribution in [-0.2, 0) is 0 Å². The fourth-order valence-corrected chi connectivity index (χ4v) is 2.30. The first kappa shape index (κ1) is 13.5. The number of nitrogens with one attached hydrogen (secondary N) is 1. The SMILES string of the molecule is CCOc1cccc(/C=N/Nc2nc(C)c(C)s2)c1. The highest BCUT2D eigenvalue weighted by molar-refractivity contribution is 7.15. The molecule has 0 saturated carbocycles. The van der Waals surface area contributed by atoms with E-state index in [0.717, 1.165) is 22.1 Å². The Kier molecular flexibility index (Phi) is 4.52. The second kappa shape index (κ2) is 6.33. The van der Waals surface area contributed by atoms with Gasteiger partial charge >= 0.3 is 0 Å². The lowest BCUT2D eigenvalue weighted by Crippen LogP contribution is -1.93. The van der Waals surface area contributed by atoms with Crippen molar-refractivity contribution in [1.82, 2.24) is 4.98 Å². The van der Waals surface area contributed by atoms with Gasteiger partial charge in [0.15, 0.2) is 0 Å². The number of hydrogen-bond acceptors (Lipinski definition) is 5.